The van der Waals surface area contributed by atoms with Crippen LogP contribution in [-0.4, -0.2) is 24.6 Å². The minimum Gasteiger partial charge on any atom is -0.304 e. The van der Waals surface area contributed by atoms with Crippen molar-refractivity contribution in [3.63, 3.8) is 0 Å². The van der Waals surface area contributed by atoms with E-state index < -0.39 is 0 Å². The van der Waals surface area contributed by atoms with Crippen LogP contribution in [0, 0.1) is 5.92 Å². The Labute approximate surface area is 86.4 Å². The lowest BCUT2D eigenvalue weighted by Gasteiger charge is -2.19. The van der Waals surface area contributed by atoms with Crippen molar-refractivity contribution < 1.29 is 9.63 Å². The van der Waals surface area contributed by atoms with Crippen LogP contribution in [0.2, 0.25) is 0 Å². The van der Waals surface area contributed by atoms with Crippen LogP contribution in [0.5, 0.6) is 0 Å². The lowest BCUT2D eigenvalue weighted by atomic mass is 10.1. The van der Waals surface area contributed by atoms with Gasteiger partial charge in [-0.05, 0) is 26.7 Å². The second kappa shape index (κ2) is 5.98. The normalized spacial score (nSPS) is 11.9. The average molecular weight is 202 g/mol. The molecule has 0 atom stereocenters. The Morgan fingerprint density at radius 3 is 2.36 bits per heavy atom. The number of carbonyl (C=O) groups is 1. The summed E-state index contributed by atoms with van der Waals surface area (Å²) in [6.07, 6.45) is 0. The smallest absolute Gasteiger partial charge is 0.257 e. The number of rotatable bonds is 5. The summed E-state index contributed by atoms with van der Waals surface area (Å²) in [5.74, 6) is 0.284. The van der Waals surface area contributed by atoms with Gasteiger partial charge in [0.15, 0.2) is 0 Å². The van der Waals surface area contributed by atoms with E-state index in [2.05, 4.69) is 10.8 Å². The van der Waals surface area contributed by atoms with Crippen LogP contribution in [0.4, 0.5) is 0 Å². The molecule has 2 N–H and O–H groups in total. The van der Waals surface area contributed by atoms with Crippen LogP contribution in [-0.2, 0) is 9.63 Å². The number of carbonyl (C=O) groups excluding carboxylic acids is 1. The van der Waals surface area contributed by atoms with Gasteiger partial charge < -0.3 is 5.32 Å². The van der Waals surface area contributed by atoms with E-state index in [1.807, 2.05) is 34.6 Å². The van der Waals surface area contributed by atoms with Crippen LogP contribution in [0.3, 0.4) is 0 Å². The third-order valence-corrected chi connectivity index (χ3v) is 1.38. The van der Waals surface area contributed by atoms with Gasteiger partial charge in [0.05, 0.1) is 13.2 Å². The molecule has 0 aliphatic rings. The van der Waals surface area contributed by atoms with Gasteiger partial charge in [-0.3, -0.25) is 9.63 Å². The summed E-state index contributed by atoms with van der Waals surface area (Å²) in [5.41, 5.74) is 2.34. The summed E-state index contributed by atoms with van der Waals surface area (Å²) in [6, 6.07) is 0. The van der Waals surface area contributed by atoms with Crippen molar-refractivity contribution in [2.45, 2.75) is 40.2 Å². The molecule has 0 heterocycles. The van der Waals surface area contributed by atoms with Crippen LogP contribution in [0.15, 0.2) is 0 Å². The van der Waals surface area contributed by atoms with Gasteiger partial charge in [0.1, 0.15) is 0 Å². The fourth-order valence-electron chi connectivity index (χ4n) is 0.670. The molecule has 0 aromatic carbocycles. The largest absolute Gasteiger partial charge is 0.304 e. The van der Waals surface area contributed by atoms with Gasteiger partial charge >= 0.3 is 0 Å². The molecule has 0 unspecified atom stereocenters. The predicted molar refractivity (Wildman–Crippen MR) is 56.7 cm³/mol. The fourth-order valence-corrected chi connectivity index (χ4v) is 0.670. The highest BCUT2D eigenvalue weighted by molar-refractivity contribution is 5.76. The topological polar surface area (TPSA) is 50.4 Å². The van der Waals surface area contributed by atoms with E-state index >= 15 is 0 Å². The van der Waals surface area contributed by atoms with Crippen molar-refractivity contribution in [1.29, 1.82) is 0 Å². The molecule has 0 saturated carbocycles. The van der Waals surface area contributed by atoms with Crippen LogP contribution < -0.4 is 10.8 Å². The standard InChI is InChI=1S/C10H22N2O2/c1-8(2)7-14-12-9(13)6-11-10(3,4)5/h8,11H,6-7H2,1-5H3,(H,12,13). The van der Waals surface area contributed by atoms with Crippen molar-refractivity contribution in [2.75, 3.05) is 13.2 Å². The minimum absolute atomic E-state index is 0.0462. The first-order valence-corrected chi connectivity index (χ1v) is 4.97. The molecule has 4 nitrogen and oxygen atoms in total. The number of hydroxylamine groups is 1. The van der Waals surface area contributed by atoms with Crippen LogP contribution >= 0.6 is 0 Å². The zero-order chi connectivity index (χ0) is 11.2. The van der Waals surface area contributed by atoms with E-state index in [9.17, 15) is 4.79 Å². The van der Waals surface area contributed by atoms with E-state index in [1.165, 1.54) is 0 Å². The second-order valence-corrected chi connectivity index (χ2v) is 4.83. The Morgan fingerprint density at radius 1 is 1.36 bits per heavy atom. The molecule has 0 aromatic rings. The van der Waals surface area contributed by atoms with Gasteiger partial charge in [-0.2, -0.15) is 0 Å². The third kappa shape index (κ3) is 9.48. The van der Waals surface area contributed by atoms with E-state index in [1.54, 1.807) is 0 Å². The maximum Gasteiger partial charge on any atom is 0.257 e. The first kappa shape index (κ1) is 13.4. The molecular weight excluding hydrogens is 180 g/mol. The van der Waals surface area contributed by atoms with E-state index in [4.69, 9.17) is 4.84 Å². The van der Waals surface area contributed by atoms with Gasteiger partial charge in [0, 0.05) is 5.54 Å². The summed E-state index contributed by atoms with van der Waals surface area (Å²) < 4.78 is 0. The Morgan fingerprint density at radius 2 is 1.93 bits per heavy atom. The molecule has 0 bridgehead atoms. The zero-order valence-electron chi connectivity index (χ0n) is 9.81. The molecule has 14 heavy (non-hydrogen) atoms. The Balaban J connectivity index is 3.47. The fraction of sp³-hybridized carbons (Fsp3) is 0.900. The Hall–Kier alpha value is -0.610. The lowest BCUT2D eigenvalue weighted by Crippen LogP contribution is -2.43. The molecule has 0 aromatic heterocycles. The monoisotopic (exact) mass is 202 g/mol. The van der Waals surface area contributed by atoms with Crippen molar-refractivity contribution in [3.8, 4) is 0 Å². The number of amides is 1. The molecule has 0 saturated heterocycles. The van der Waals surface area contributed by atoms with Gasteiger partial charge in [0.25, 0.3) is 5.91 Å². The minimum atomic E-state index is -0.138. The summed E-state index contributed by atoms with van der Waals surface area (Å²) in [7, 11) is 0. The van der Waals surface area contributed by atoms with Crippen LogP contribution in [0.25, 0.3) is 0 Å². The molecule has 0 fully saturated rings. The first-order chi connectivity index (χ1) is 6.31. The molecule has 0 rings (SSSR count). The molecule has 0 radical (unpaired) electrons. The molecule has 1 amide bonds. The SMILES string of the molecule is CC(C)CONC(=O)CNC(C)(C)C. The van der Waals surface area contributed by atoms with Crippen molar-refractivity contribution in [2.24, 2.45) is 5.92 Å². The molecule has 0 aliphatic heterocycles. The average Bonchev–Trinajstić information content (AvgIpc) is 1.99. The van der Waals surface area contributed by atoms with Crippen molar-refractivity contribution in [3.05, 3.63) is 0 Å². The number of hydrogen-bond donors (Lipinski definition) is 2. The molecule has 4 heteroatoms. The maximum atomic E-state index is 11.2. The van der Waals surface area contributed by atoms with Crippen molar-refractivity contribution in [1.82, 2.24) is 10.8 Å². The highest BCUT2D eigenvalue weighted by atomic mass is 16.6. The van der Waals surface area contributed by atoms with Crippen molar-refractivity contribution >= 4 is 5.91 Å². The predicted octanol–water partition coefficient (Wildman–Crippen LogP) is 1.08. The molecule has 0 aliphatic carbocycles. The maximum absolute atomic E-state index is 11.2. The third-order valence-electron chi connectivity index (χ3n) is 1.38. The van der Waals surface area contributed by atoms with Crippen LogP contribution in [0.1, 0.15) is 34.6 Å². The summed E-state index contributed by atoms with van der Waals surface area (Å²) in [4.78, 5) is 16.2. The zero-order valence-corrected chi connectivity index (χ0v) is 9.81. The Kier molecular flexibility index (Phi) is 5.72. The summed E-state index contributed by atoms with van der Waals surface area (Å²) in [6.45, 7) is 10.9. The van der Waals surface area contributed by atoms with E-state index in [-0.39, 0.29) is 18.0 Å². The van der Waals surface area contributed by atoms with E-state index in [0.717, 1.165) is 0 Å². The number of hydrogen-bond acceptors (Lipinski definition) is 3. The molecule has 0 spiro atoms. The summed E-state index contributed by atoms with van der Waals surface area (Å²) in [5, 5.41) is 3.07. The highest BCUT2D eigenvalue weighted by Gasteiger charge is 2.10. The highest BCUT2D eigenvalue weighted by Crippen LogP contribution is 1.96. The van der Waals surface area contributed by atoms with Gasteiger partial charge in [-0.1, -0.05) is 13.8 Å². The Bertz CT molecular complexity index is 173. The first-order valence-electron chi connectivity index (χ1n) is 4.97. The quantitative estimate of drug-likeness (QED) is 0.656. The van der Waals surface area contributed by atoms with Gasteiger partial charge in [-0.15, -0.1) is 0 Å². The molecule has 84 valence electrons. The van der Waals surface area contributed by atoms with Gasteiger partial charge in [0.2, 0.25) is 0 Å². The lowest BCUT2D eigenvalue weighted by molar-refractivity contribution is -0.133. The number of nitrogens with one attached hydrogen (secondary N) is 2. The summed E-state index contributed by atoms with van der Waals surface area (Å²) >= 11 is 0. The molecular formula is C10H22N2O2. The van der Waals surface area contributed by atoms with E-state index in [0.29, 0.717) is 12.5 Å². The van der Waals surface area contributed by atoms with Gasteiger partial charge in [-0.25, -0.2) is 5.48 Å². The second-order valence-electron chi connectivity index (χ2n) is 4.83.